The van der Waals surface area contributed by atoms with Crippen LogP contribution in [0.3, 0.4) is 0 Å². The zero-order chi connectivity index (χ0) is 12.9. The lowest BCUT2D eigenvalue weighted by Crippen LogP contribution is -2.32. The number of nitrogens with one attached hydrogen (secondary N) is 1. The zero-order valence-corrected chi connectivity index (χ0v) is 9.33. The summed E-state index contributed by atoms with van der Waals surface area (Å²) in [6.45, 7) is 2.69. The van der Waals surface area contributed by atoms with Crippen molar-refractivity contribution in [2.24, 2.45) is 0 Å². The molecule has 1 atom stereocenters. The van der Waals surface area contributed by atoms with Crippen LogP contribution in [-0.4, -0.2) is 22.4 Å². The quantitative estimate of drug-likeness (QED) is 0.861. The molecule has 0 spiro atoms. The number of hydrogen-bond donors (Lipinski definition) is 1. The molecule has 0 fully saturated rings. The molecule has 1 rings (SSSR count). The molecule has 7 heteroatoms. The van der Waals surface area contributed by atoms with Crippen LogP contribution < -0.4 is 5.32 Å². The van der Waals surface area contributed by atoms with Gasteiger partial charge >= 0.3 is 6.18 Å². The molecule has 0 saturated heterocycles. The summed E-state index contributed by atoms with van der Waals surface area (Å²) in [6.07, 6.45) is -2.36. The molecule has 1 unspecified atom stereocenters. The number of nitrogens with zero attached hydrogens (tertiary/aromatic N) is 3. The highest BCUT2D eigenvalue weighted by Crippen LogP contribution is 2.27. The maximum Gasteiger partial charge on any atom is 0.435 e. The van der Waals surface area contributed by atoms with Gasteiger partial charge in [0.05, 0.1) is 12.6 Å². The van der Waals surface area contributed by atoms with Gasteiger partial charge in [0.2, 0.25) is 0 Å². The van der Waals surface area contributed by atoms with E-state index >= 15 is 0 Å². The molecule has 1 aromatic heterocycles. The molecule has 4 nitrogen and oxygen atoms in total. The first-order chi connectivity index (χ1) is 7.97. The molecule has 0 bridgehead atoms. The summed E-state index contributed by atoms with van der Waals surface area (Å²) in [6, 6.07) is 2.35. The Bertz CT molecular complexity index is 391. The Hall–Kier alpha value is -1.55. The fourth-order valence-electron chi connectivity index (χ4n) is 1.27. The molecule has 0 aliphatic rings. The number of aromatic nitrogens is 2. The third-order valence-electron chi connectivity index (χ3n) is 2.10. The van der Waals surface area contributed by atoms with Crippen LogP contribution in [0.15, 0.2) is 12.3 Å². The number of halogens is 3. The average molecular weight is 246 g/mol. The van der Waals surface area contributed by atoms with Gasteiger partial charge in [-0.15, -0.1) is 0 Å². The Kier molecular flexibility index (Phi) is 4.52. The second kappa shape index (κ2) is 5.68. The monoisotopic (exact) mass is 246 g/mol. The molecule has 0 saturated carbocycles. The van der Waals surface area contributed by atoms with Gasteiger partial charge in [-0.05, 0) is 19.0 Å². The molecule has 0 aliphatic heterocycles. The second-order valence-electron chi connectivity index (χ2n) is 3.56. The molecule has 17 heavy (non-hydrogen) atoms. The number of hydrogen-bond acceptors (Lipinski definition) is 3. The minimum absolute atomic E-state index is 0.104. The van der Waals surface area contributed by atoms with Crippen LogP contribution in [0.5, 0.6) is 0 Å². The normalized spacial score (nSPS) is 13.4. The van der Waals surface area contributed by atoms with Gasteiger partial charge in [-0.25, -0.2) is 0 Å². The van der Waals surface area contributed by atoms with E-state index in [0.717, 1.165) is 17.2 Å². The van der Waals surface area contributed by atoms with Crippen molar-refractivity contribution in [1.82, 2.24) is 15.1 Å². The summed E-state index contributed by atoms with van der Waals surface area (Å²) >= 11 is 0. The maximum atomic E-state index is 12.3. The predicted molar refractivity (Wildman–Crippen MR) is 54.9 cm³/mol. The number of alkyl halides is 3. The first kappa shape index (κ1) is 13.5. The second-order valence-corrected chi connectivity index (χ2v) is 3.56. The lowest BCUT2D eigenvalue weighted by atomic mass is 10.3. The van der Waals surface area contributed by atoms with Crippen LogP contribution in [0.2, 0.25) is 0 Å². The first-order valence-corrected chi connectivity index (χ1v) is 5.21. The van der Waals surface area contributed by atoms with Gasteiger partial charge in [0, 0.05) is 6.20 Å². The van der Waals surface area contributed by atoms with Gasteiger partial charge in [0.15, 0.2) is 5.69 Å². The third-order valence-corrected chi connectivity index (χ3v) is 2.10. The van der Waals surface area contributed by atoms with Crippen LogP contribution in [0.25, 0.3) is 0 Å². The molecule has 0 aliphatic carbocycles. The van der Waals surface area contributed by atoms with E-state index in [1.165, 1.54) is 6.20 Å². The molecule has 1 aromatic rings. The largest absolute Gasteiger partial charge is 0.435 e. The molecule has 94 valence electrons. The van der Waals surface area contributed by atoms with Gasteiger partial charge in [-0.1, -0.05) is 6.92 Å². The number of rotatable bonds is 5. The van der Waals surface area contributed by atoms with Gasteiger partial charge in [-0.2, -0.15) is 23.5 Å². The molecule has 0 amide bonds. The van der Waals surface area contributed by atoms with Crippen LogP contribution in [0.4, 0.5) is 13.2 Å². The highest BCUT2D eigenvalue weighted by molar-refractivity contribution is 5.04. The van der Waals surface area contributed by atoms with E-state index in [0.29, 0.717) is 6.54 Å². The Morgan fingerprint density at radius 1 is 1.59 bits per heavy atom. The summed E-state index contributed by atoms with van der Waals surface area (Å²) in [4.78, 5) is 0. The third kappa shape index (κ3) is 4.07. The zero-order valence-electron chi connectivity index (χ0n) is 9.33. The van der Waals surface area contributed by atoms with Gasteiger partial charge < -0.3 is 5.32 Å². The van der Waals surface area contributed by atoms with Crippen molar-refractivity contribution in [2.45, 2.75) is 32.1 Å². The highest BCUT2D eigenvalue weighted by atomic mass is 19.4. The van der Waals surface area contributed by atoms with Crippen LogP contribution >= 0.6 is 0 Å². The fraction of sp³-hybridized carbons (Fsp3) is 0.600. The Labute approximate surface area is 97.0 Å². The number of nitriles is 1. The van der Waals surface area contributed by atoms with Gasteiger partial charge in [0.1, 0.15) is 6.04 Å². The standard InChI is InChI=1S/C10H13F3N4/c1-2-4-15-8(6-14)7-17-5-3-9(16-17)10(11,12)13/h3,5,8,15H,2,4,7H2,1H3. The van der Waals surface area contributed by atoms with E-state index < -0.39 is 17.9 Å². The van der Waals surface area contributed by atoms with Crippen molar-refractivity contribution in [3.8, 4) is 6.07 Å². The lowest BCUT2D eigenvalue weighted by molar-refractivity contribution is -0.141. The molecular formula is C10H13F3N4. The first-order valence-electron chi connectivity index (χ1n) is 5.21. The van der Waals surface area contributed by atoms with Crippen molar-refractivity contribution in [3.05, 3.63) is 18.0 Å². The molecule has 1 N–H and O–H groups in total. The summed E-state index contributed by atoms with van der Waals surface area (Å²) in [5.41, 5.74) is -0.940. The minimum atomic E-state index is -4.44. The van der Waals surface area contributed by atoms with E-state index in [1.807, 2.05) is 13.0 Å². The average Bonchev–Trinajstić information content (AvgIpc) is 2.72. The predicted octanol–water partition coefficient (Wildman–Crippen LogP) is 1.79. The SMILES string of the molecule is CCCNC(C#N)Cn1ccc(C(F)(F)F)n1. The summed E-state index contributed by atoms with van der Waals surface area (Å²) < 4.78 is 37.9. The van der Waals surface area contributed by atoms with E-state index in [9.17, 15) is 13.2 Å². The minimum Gasteiger partial charge on any atom is -0.300 e. The van der Waals surface area contributed by atoms with Gasteiger partial charge in [0.25, 0.3) is 0 Å². The smallest absolute Gasteiger partial charge is 0.300 e. The summed E-state index contributed by atoms with van der Waals surface area (Å²) in [5, 5.41) is 15.1. The van der Waals surface area contributed by atoms with E-state index in [4.69, 9.17) is 5.26 Å². The Balaban J connectivity index is 2.62. The highest BCUT2D eigenvalue weighted by Gasteiger charge is 2.33. The van der Waals surface area contributed by atoms with Crippen molar-refractivity contribution in [3.63, 3.8) is 0 Å². The van der Waals surface area contributed by atoms with Crippen molar-refractivity contribution in [1.29, 1.82) is 5.26 Å². The molecule has 0 radical (unpaired) electrons. The molecule has 0 aromatic carbocycles. The lowest BCUT2D eigenvalue weighted by Gasteiger charge is -2.10. The maximum absolute atomic E-state index is 12.3. The fourth-order valence-corrected chi connectivity index (χ4v) is 1.27. The Morgan fingerprint density at radius 2 is 2.29 bits per heavy atom. The van der Waals surface area contributed by atoms with Crippen LogP contribution in [0.1, 0.15) is 19.0 Å². The van der Waals surface area contributed by atoms with Gasteiger partial charge in [-0.3, -0.25) is 4.68 Å². The summed E-state index contributed by atoms with van der Waals surface area (Å²) in [7, 11) is 0. The Morgan fingerprint density at radius 3 is 2.76 bits per heavy atom. The topological polar surface area (TPSA) is 53.6 Å². The summed E-state index contributed by atoms with van der Waals surface area (Å²) in [5.74, 6) is 0. The van der Waals surface area contributed by atoms with E-state index in [1.54, 1.807) is 0 Å². The molecular weight excluding hydrogens is 233 g/mol. The van der Waals surface area contributed by atoms with Crippen molar-refractivity contribution >= 4 is 0 Å². The van der Waals surface area contributed by atoms with Crippen LogP contribution in [0, 0.1) is 11.3 Å². The molecule has 1 heterocycles. The van der Waals surface area contributed by atoms with Crippen molar-refractivity contribution < 1.29 is 13.2 Å². The van der Waals surface area contributed by atoms with Crippen LogP contribution in [-0.2, 0) is 12.7 Å². The van der Waals surface area contributed by atoms with Crippen molar-refractivity contribution in [2.75, 3.05) is 6.54 Å². The van der Waals surface area contributed by atoms with E-state index in [2.05, 4.69) is 10.4 Å². The van der Waals surface area contributed by atoms with E-state index in [-0.39, 0.29) is 6.54 Å².